The summed E-state index contributed by atoms with van der Waals surface area (Å²) in [5.41, 5.74) is 1.31. The summed E-state index contributed by atoms with van der Waals surface area (Å²) in [6, 6.07) is 7.30. The van der Waals surface area contributed by atoms with Gasteiger partial charge < -0.3 is 0 Å². The number of hydrogen-bond donors (Lipinski definition) is 0. The average Bonchev–Trinajstić information content (AvgIpc) is 2.35. The van der Waals surface area contributed by atoms with Crippen LogP contribution in [0.4, 0.5) is 0 Å². The van der Waals surface area contributed by atoms with Crippen LogP contribution in [0.3, 0.4) is 0 Å². The van der Waals surface area contributed by atoms with Crippen LogP contribution in [-0.2, 0) is 14.0 Å². The van der Waals surface area contributed by atoms with Crippen LogP contribution in [0, 0.1) is 0 Å². The van der Waals surface area contributed by atoms with Gasteiger partial charge in [0.05, 0.1) is 24.2 Å². The molecule has 86 valence electrons. The number of benzene rings is 1. The summed E-state index contributed by atoms with van der Waals surface area (Å²) in [6.07, 6.45) is 0.735. The van der Waals surface area contributed by atoms with E-state index in [0.29, 0.717) is 10.6 Å². The molecule has 0 spiro atoms. The second kappa shape index (κ2) is 6.70. The number of aldehydes is 1. The quantitative estimate of drug-likeness (QED) is 0.266. The van der Waals surface area contributed by atoms with Crippen molar-refractivity contribution in [2.75, 3.05) is 7.11 Å². The second-order valence-electron chi connectivity index (χ2n) is 2.96. The molecule has 1 rings (SSSR count). The smallest absolute Gasteiger partial charge is 0.147 e. The molecule has 0 unspecified atom stereocenters. The Labute approximate surface area is 104 Å². The number of carbonyl (C=O) groups excluding carboxylic acids is 1. The zero-order valence-electron chi connectivity index (χ0n) is 8.90. The number of rotatable bonds is 5. The van der Waals surface area contributed by atoms with Crippen molar-refractivity contribution in [1.82, 2.24) is 0 Å². The summed E-state index contributed by atoms with van der Waals surface area (Å²) in [7, 11) is 1.44. The molecular weight excluding hydrogens is 248 g/mol. The first-order valence-electron chi connectivity index (χ1n) is 4.48. The highest BCUT2D eigenvalue weighted by molar-refractivity contribution is 7.94. The molecular formula is C11H11ClO3S. The van der Waals surface area contributed by atoms with E-state index in [9.17, 15) is 4.79 Å². The van der Waals surface area contributed by atoms with Gasteiger partial charge in [0.15, 0.2) is 0 Å². The van der Waals surface area contributed by atoms with E-state index in [0.717, 1.165) is 28.8 Å². The van der Waals surface area contributed by atoms with Gasteiger partial charge in [-0.25, -0.2) is 4.89 Å². The molecule has 0 heterocycles. The fourth-order valence-corrected chi connectivity index (χ4v) is 1.57. The van der Waals surface area contributed by atoms with Crippen LogP contribution >= 0.6 is 23.6 Å². The molecule has 5 heteroatoms. The van der Waals surface area contributed by atoms with Gasteiger partial charge in [0.2, 0.25) is 0 Å². The number of carbonyl (C=O) groups is 1. The van der Waals surface area contributed by atoms with Crippen molar-refractivity contribution < 1.29 is 14.0 Å². The van der Waals surface area contributed by atoms with Gasteiger partial charge in [0, 0.05) is 10.5 Å². The zero-order valence-corrected chi connectivity index (χ0v) is 10.5. The van der Waals surface area contributed by atoms with Crippen molar-refractivity contribution in [2.45, 2.75) is 11.8 Å². The van der Waals surface area contributed by atoms with Crippen LogP contribution in [-0.4, -0.2) is 13.4 Å². The topological polar surface area (TPSA) is 35.5 Å². The molecule has 3 nitrogen and oxygen atoms in total. The largest absolute Gasteiger partial charge is 0.298 e. The van der Waals surface area contributed by atoms with Crippen molar-refractivity contribution in [3.63, 3.8) is 0 Å². The lowest BCUT2D eigenvalue weighted by Crippen LogP contribution is -1.85. The number of allylic oxidation sites excluding steroid dienone is 1. The van der Waals surface area contributed by atoms with E-state index in [1.807, 2.05) is 24.3 Å². The Morgan fingerprint density at radius 1 is 1.38 bits per heavy atom. The van der Waals surface area contributed by atoms with Crippen molar-refractivity contribution in [1.29, 1.82) is 0 Å². The molecule has 0 atom stereocenters. The van der Waals surface area contributed by atoms with Crippen LogP contribution in [0.5, 0.6) is 0 Å². The molecule has 0 aromatic heterocycles. The first-order valence-corrected chi connectivity index (χ1v) is 5.60. The lowest BCUT2D eigenvalue weighted by Gasteiger charge is -2.03. The van der Waals surface area contributed by atoms with E-state index in [-0.39, 0.29) is 0 Å². The molecule has 0 aliphatic heterocycles. The Morgan fingerprint density at radius 2 is 2.00 bits per heavy atom. The number of halogens is 1. The summed E-state index contributed by atoms with van der Waals surface area (Å²) in [5, 5.41) is 0.458. The SMILES string of the molecule is COOSc1ccc(/C(Cl)=C(/C)C=O)cc1. The molecule has 0 saturated carbocycles. The summed E-state index contributed by atoms with van der Waals surface area (Å²) in [5.74, 6) is 0. The van der Waals surface area contributed by atoms with Gasteiger partial charge in [-0.2, -0.15) is 4.33 Å². The summed E-state index contributed by atoms with van der Waals surface area (Å²) >= 11 is 7.10. The first kappa shape index (κ1) is 13.3. The molecule has 1 aromatic carbocycles. The molecule has 0 amide bonds. The predicted molar refractivity (Wildman–Crippen MR) is 64.9 cm³/mol. The lowest BCUT2D eigenvalue weighted by atomic mass is 10.1. The molecule has 0 aliphatic carbocycles. The Morgan fingerprint density at radius 3 is 2.50 bits per heavy atom. The first-order chi connectivity index (χ1) is 7.69. The molecule has 0 N–H and O–H groups in total. The van der Waals surface area contributed by atoms with Crippen LogP contribution < -0.4 is 0 Å². The monoisotopic (exact) mass is 258 g/mol. The minimum atomic E-state index is 0.458. The lowest BCUT2D eigenvalue weighted by molar-refractivity contribution is -0.160. The Kier molecular flexibility index (Phi) is 5.55. The van der Waals surface area contributed by atoms with E-state index >= 15 is 0 Å². The van der Waals surface area contributed by atoms with Gasteiger partial charge in [-0.3, -0.25) is 4.79 Å². The van der Waals surface area contributed by atoms with Crippen molar-refractivity contribution in [3.05, 3.63) is 35.4 Å². The van der Waals surface area contributed by atoms with Gasteiger partial charge in [0.25, 0.3) is 0 Å². The maximum absolute atomic E-state index is 10.5. The second-order valence-corrected chi connectivity index (χ2v) is 4.11. The Bertz CT molecular complexity index is 387. The van der Waals surface area contributed by atoms with Crippen LogP contribution in [0.1, 0.15) is 12.5 Å². The molecule has 1 aromatic rings. The fourth-order valence-electron chi connectivity index (χ4n) is 1.01. The highest BCUT2D eigenvalue weighted by Crippen LogP contribution is 2.25. The van der Waals surface area contributed by atoms with Crippen molar-refractivity contribution >= 4 is 35.0 Å². The Hall–Kier alpha value is -0.810. The van der Waals surface area contributed by atoms with Crippen molar-refractivity contribution in [2.24, 2.45) is 0 Å². The standard InChI is InChI=1S/C11H11ClO3S/c1-8(7-13)11(12)9-3-5-10(6-4-9)16-15-14-2/h3-7H,1-2H3/b11-8+. The summed E-state index contributed by atoms with van der Waals surface area (Å²) in [6.45, 7) is 1.67. The van der Waals surface area contributed by atoms with Gasteiger partial charge in [-0.1, -0.05) is 23.7 Å². The van der Waals surface area contributed by atoms with E-state index in [2.05, 4.69) is 4.89 Å². The highest BCUT2D eigenvalue weighted by atomic mass is 35.5. The van der Waals surface area contributed by atoms with E-state index < -0.39 is 0 Å². The van der Waals surface area contributed by atoms with Gasteiger partial charge in [0.1, 0.15) is 6.29 Å². The normalized spacial score (nSPS) is 12.2. The van der Waals surface area contributed by atoms with E-state index in [1.165, 1.54) is 7.11 Å². The van der Waals surface area contributed by atoms with Crippen LogP contribution in [0.25, 0.3) is 5.03 Å². The maximum atomic E-state index is 10.5. The molecule has 0 fully saturated rings. The minimum Gasteiger partial charge on any atom is -0.298 e. The molecule has 16 heavy (non-hydrogen) atoms. The zero-order chi connectivity index (χ0) is 12.0. The molecule has 0 bridgehead atoms. The van der Waals surface area contributed by atoms with E-state index in [4.69, 9.17) is 15.9 Å². The maximum Gasteiger partial charge on any atom is 0.147 e. The predicted octanol–water partition coefficient (Wildman–Crippen LogP) is 3.44. The van der Waals surface area contributed by atoms with Gasteiger partial charge in [-0.15, -0.1) is 0 Å². The third-order valence-electron chi connectivity index (χ3n) is 1.83. The molecule has 0 radical (unpaired) electrons. The van der Waals surface area contributed by atoms with E-state index in [1.54, 1.807) is 6.92 Å². The molecule has 0 aliphatic rings. The average molecular weight is 259 g/mol. The third-order valence-corrected chi connectivity index (χ3v) is 3.01. The Balaban J connectivity index is 2.82. The van der Waals surface area contributed by atoms with Crippen LogP contribution in [0.2, 0.25) is 0 Å². The highest BCUT2D eigenvalue weighted by Gasteiger charge is 2.03. The third kappa shape index (κ3) is 3.64. The van der Waals surface area contributed by atoms with Gasteiger partial charge >= 0.3 is 0 Å². The van der Waals surface area contributed by atoms with Gasteiger partial charge in [-0.05, 0) is 24.6 Å². The summed E-state index contributed by atoms with van der Waals surface area (Å²) < 4.78 is 4.70. The fraction of sp³-hybridized carbons (Fsp3) is 0.182. The van der Waals surface area contributed by atoms with Crippen LogP contribution in [0.15, 0.2) is 34.7 Å². The minimum absolute atomic E-state index is 0.458. The summed E-state index contributed by atoms with van der Waals surface area (Å²) in [4.78, 5) is 15.9. The number of hydrogen-bond acceptors (Lipinski definition) is 4. The molecule has 0 saturated heterocycles. The van der Waals surface area contributed by atoms with Crippen molar-refractivity contribution in [3.8, 4) is 0 Å².